The summed E-state index contributed by atoms with van der Waals surface area (Å²) in [7, 11) is 0. The molecule has 148 valence electrons. The second-order valence-corrected chi connectivity index (χ2v) is 10.2. The maximum Gasteiger partial charge on any atom is 0.323 e. The highest BCUT2D eigenvalue weighted by Gasteiger charge is 2.64. The van der Waals surface area contributed by atoms with Crippen LogP contribution >= 0.6 is 0 Å². The van der Waals surface area contributed by atoms with Crippen LogP contribution in [-0.2, 0) is 14.3 Å². The number of fused-ring (bicyclic) bond motifs is 3. The van der Waals surface area contributed by atoms with Crippen molar-refractivity contribution in [2.75, 3.05) is 13.2 Å². The molecule has 5 nitrogen and oxygen atoms in total. The van der Waals surface area contributed by atoms with Crippen LogP contribution in [0.1, 0.15) is 66.2 Å². The first-order valence-electron chi connectivity index (χ1n) is 10.4. The number of rotatable bonds is 2. The molecule has 1 saturated heterocycles. The molecule has 4 aliphatic rings. The monoisotopic (exact) mass is 372 g/mol. The highest BCUT2D eigenvalue weighted by molar-refractivity contribution is 6.28. The molecule has 1 heterocycles. The van der Waals surface area contributed by atoms with Crippen molar-refractivity contribution >= 4 is 12.0 Å². The van der Waals surface area contributed by atoms with Gasteiger partial charge in [0.2, 0.25) is 11.6 Å². The van der Waals surface area contributed by atoms with Crippen molar-refractivity contribution in [2.45, 2.75) is 72.0 Å². The van der Waals surface area contributed by atoms with E-state index in [-0.39, 0.29) is 11.2 Å². The maximum atomic E-state index is 13.0. The first kappa shape index (κ1) is 19.0. The standard InChI is InChI=1S/C22H32N2O3/c1-19(2)8-5-9-20(3)16-13-21(4,18(25)14-24-23)22(26-10-11-27-22)12-15(16)6-7-17(19)20/h12,14,16-17H,5-11,13H2,1-4H3/t16-,17-,20+,21-/m0/s1. The molecule has 2 saturated carbocycles. The lowest BCUT2D eigenvalue weighted by atomic mass is 9.44. The zero-order valence-electron chi connectivity index (χ0n) is 17.1. The lowest BCUT2D eigenvalue weighted by Gasteiger charge is -2.61. The van der Waals surface area contributed by atoms with Crippen LogP contribution in [0.15, 0.2) is 11.6 Å². The average Bonchev–Trinajstić information content (AvgIpc) is 3.06. The van der Waals surface area contributed by atoms with Gasteiger partial charge >= 0.3 is 6.21 Å². The van der Waals surface area contributed by atoms with E-state index in [0.717, 1.165) is 12.6 Å². The van der Waals surface area contributed by atoms with Crippen molar-refractivity contribution < 1.29 is 19.1 Å². The summed E-state index contributed by atoms with van der Waals surface area (Å²) in [4.78, 5) is 16.1. The molecule has 4 atom stereocenters. The minimum atomic E-state index is -1.02. The van der Waals surface area contributed by atoms with Gasteiger partial charge < -0.3 is 15.0 Å². The van der Waals surface area contributed by atoms with Gasteiger partial charge in [0.05, 0.1) is 18.6 Å². The van der Waals surface area contributed by atoms with Crippen LogP contribution in [0, 0.1) is 28.1 Å². The zero-order valence-corrected chi connectivity index (χ0v) is 17.1. The fourth-order valence-electron chi connectivity index (χ4n) is 7.00. The Morgan fingerprint density at radius 2 is 1.93 bits per heavy atom. The molecule has 0 amide bonds. The number of nitrogens with zero attached hydrogens (tertiary/aromatic N) is 2. The number of ether oxygens (including phenoxy) is 2. The summed E-state index contributed by atoms with van der Waals surface area (Å²) < 4.78 is 12.1. The Balaban J connectivity index is 1.81. The Kier molecular flexibility index (Phi) is 4.30. The molecule has 4 rings (SSSR count). The fraction of sp³-hybridized carbons (Fsp3) is 0.818. The molecule has 0 aromatic heterocycles. The number of Topliss-reactive ketones (excluding diaryl/α,β-unsaturated/α-hetero) is 1. The molecule has 1 aliphatic heterocycles. The van der Waals surface area contributed by atoms with Gasteiger partial charge in [-0.3, -0.25) is 4.79 Å². The van der Waals surface area contributed by atoms with Gasteiger partial charge in [0.15, 0.2) is 0 Å². The lowest BCUT2D eigenvalue weighted by Crippen LogP contribution is -2.59. The summed E-state index contributed by atoms with van der Waals surface area (Å²) in [6.07, 6.45) is 9.82. The molecule has 27 heavy (non-hydrogen) atoms. The van der Waals surface area contributed by atoms with E-state index in [2.05, 4.69) is 31.6 Å². The average molecular weight is 373 g/mol. The van der Waals surface area contributed by atoms with E-state index in [1.54, 1.807) is 0 Å². The second kappa shape index (κ2) is 6.10. The van der Waals surface area contributed by atoms with E-state index in [4.69, 9.17) is 15.0 Å². The van der Waals surface area contributed by atoms with Crippen LogP contribution in [0.3, 0.4) is 0 Å². The number of carbonyl (C=O) groups excluding carboxylic acids is 1. The van der Waals surface area contributed by atoms with Crippen molar-refractivity contribution in [3.63, 3.8) is 0 Å². The molecule has 5 heteroatoms. The Morgan fingerprint density at radius 3 is 2.59 bits per heavy atom. The SMILES string of the molecule is CC1(C)CCC[C@]2(C)[C@H]3C[C@@](C)(C(=O)C=[N+]=[N-])C4(C=C3CC[C@@H]12)OCCO4. The number of carbonyl (C=O) groups is 1. The van der Waals surface area contributed by atoms with Crippen LogP contribution in [0.25, 0.3) is 5.53 Å². The van der Waals surface area contributed by atoms with E-state index in [1.165, 1.54) is 31.3 Å². The van der Waals surface area contributed by atoms with E-state index >= 15 is 0 Å². The van der Waals surface area contributed by atoms with Crippen molar-refractivity contribution in [1.82, 2.24) is 0 Å². The fourth-order valence-corrected chi connectivity index (χ4v) is 7.00. The van der Waals surface area contributed by atoms with Gasteiger partial charge in [0.1, 0.15) is 0 Å². The molecule has 0 N–H and O–H groups in total. The van der Waals surface area contributed by atoms with Gasteiger partial charge in [0, 0.05) is 0 Å². The molecule has 3 aliphatic carbocycles. The summed E-state index contributed by atoms with van der Waals surface area (Å²) in [5.41, 5.74) is 10.0. The molecule has 3 fully saturated rings. The third-order valence-corrected chi connectivity index (χ3v) is 8.43. The van der Waals surface area contributed by atoms with Gasteiger partial charge in [-0.05, 0) is 67.8 Å². The summed E-state index contributed by atoms with van der Waals surface area (Å²) >= 11 is 0. The van der Waals surface area contributed by atoms with Crippen LogP contribution < -0.4 is 0 Å². The molecule has 0 aromatic rings. The Morgan fingerprint density at radius 1 is 1.22 bits per heavy atom. The van der Waals surface area contributed by atoms with Crippen molar-refractivity contribution in [3.8, 4) is 0 Å². The third kappa shape index (κ3) is 2.55. The number of hydrogen-bond acceptors (Lipinski definition) is 3. The van der Waals surface area contributed by atoms with Gasteiger partial charge in [-0.15, -0.1) is 0 Å². The van der Waals surface area contributed by atoms with Crippen molar-refractivity contribution in [1.29, 1.82) is 0 Å². The molecule has 1 spiro atoms. The lowest BCUT2D eigenvalue weighted by molar-refractivity contribution is -0.213. The van der Waals surface area contributed by atoms with Crippen LogP contribution in [-0.4, -0.2) is 35.8 Å². The van der Waals surface area contributed by atoms with Crippen molar-refractivity contribution in [3.05, 3.63) is 17.2 Å². The Bertz CT molecular complexity index is 730. The second-order valence-electron chi connectivity index (χ2n) is 10.2. The minimum Gasteiger partial charge on any atom is -0.361 e. The number of hydrogen-bond donors (Lipinski definition) is 0. The van der Waals surface area contributed by atoms with Crippen LogP contribution in [0.2, 0.25) is 0 Å². The predicted octanol–water partition coefficient (Wildman–Crippen LogP) is 4.18. The van der Waals surface area contributed by atoms with E-state index < -0.39 is 11.2 Å². The zero-order chi connectivity index (χ0) is 19.5. The van der Waals surface area contributed by atoms with Crippen molar-refractivity contribution in [2.24, 2.45) is 28.1 Å². The quantitative estimate of drug-likeness (QED) is 0.316. The van der Waals surface area contributed by atoms with E-state index in [9.17, 15) is 4.79 Å². The largest absolute Gasteiger partial charge is 0.361 e. The van der Waals surface area contributed by atoms with Crippen LogP contribution in [0.5, 0.6) is 0 Å². The van der Waals surface area contributed by atoms with Gasteiger partial charge in [-0.25, -0.2) is 0 Å². The summed E-state index contributed by atoms with van der Waals surface area (Å²) in [5.74, 6) is -0.241. The molecule has 0 aromatic carbocycles. The molecule has 0 unspecified atom stereocenters. The molecular formula is C22H32N2O3. The van der Waals surface area contributed by atoms with Gasteiger partial charge in [-0.1, -0.05) is 32.8 Å². The smallest absolute Gasteiger partial charge is 0.323 e. The molecular weight excluding hydrogens is 340 g/mol. The molecule has 0 radical (unpaired) electrons. The first-order valence-corrected chi connectivity index (χ1v) is 10.4. The summed E-state index contributed by atoms with van der Waals surface area (Å²) in [6, 6.07) is 0. The third-order valence-electron chi connectivity index (χ3n) is 8.43. The van der Waals surface area contributed by atoms with Gasteiger partial charge in [-0.2, -0.15) is 4.79 Å². The normalized spacial score (nSPS) is 41.9. The van der Waals surface area contributed by atoms with E-state index in [1.807, 2.05) is 6.92 Å². The highest BCUT2D eigenvalue weighted by atomic mass is 16.7. The maximum absolute atomic E-state index is 13.0. The number of allylic oxidation sites excluding steroid dienone is 1. The first-order chi connectivity index (χ1) is 12.7. The highest BCUT2D eigenvalue weighted by Crippen LogP contribution is 2.66. The summed E-state index contributed by atoms with van der Waals surface area (Å²) in [5, 5.41) is 0. The predicted molar refractivity (Wildman–Crippen MR) is 102 cm³/mol. The Labute approximate surface area is 162 Å². The minimum absolute atomic E-state index is 0.184. The topological polar surface area (TPSA) is 71.9 Å². The molecule has 0 bridgehead atoms. The Hall–Kier alpha value is -1.29. The number of ketones is 1. The van der Waals surface area contributed by atoms with Gasteiger partial charge in [0.25, 0.3) is 0 Å². The van der Waals surface area contributed by atoms with E-state index in [0.29, 0.717) is 36.9 Å². The van der Waals surface area contributed by atoms with Crippen LogP contribution in [0.4, 0.5) is 0 Å². The summed E-state index contributed by atoms with van der Waals surface area (Å²) in [6.45, 7) is 10.2.